The summed E-state index contributed by atoms with van der Waals surface area (Å²) < 4.78 is 8.98. The van der Waals surface area contributed by atoms with Crippen molar-refractivity contribution in [2.75, 3.05) is 20.2 Å². The number of ether oxygens (including phenoxy) is 1. The molecule has 0 spiro atoms. The number of hydrogen-bond donors (Lipinski definition) is 0. The van der Waals surface area contributed by atoms with Crippen LogP contribution in [-0.4, -0.2) is 41.0 Å². The van der Waals surface area contributed by atoms with E-state index in [4.69, 9.17) is 4.74 Å². The van der Waals surface area contributed by atoms with E-state index in [0.29, 0.717) is 6.10 Å². The molecule has 2 rings (SSSR count). The van der Waals surface area contributed by atoms with Crippen LogP contribution >= 0.6 is 15.9 Å². The molecular formula is C14H24BrN3O. The normalized spacial score (nSPS) is 19.5. The summed E-state index contributed by atoms with van der Waals surface area (Å²) in [5, 5.41) is 4.64. The van der Waals surface area contributed by atoms with Crippen LogP contribution in [0, 0.1) is 0 Å². The standard InChI is InChI=1S/C14H24BrN3O/c1-4-12-14(15)13(18(5-2)16-12)10-17(3)9-11-7-6-8-19-11/h11H,4-10H2,1-3H3. The second kappa shape index (κ2) is 6.86. The Morgan fingerprint density at radius 3 is 2.84 bits per heavy atom. The molecule has 1 unspecified atom stereocenters. The summed E-state index contributed by atoms with van der Waals surface area (Å²) in [6.45, 7) is 8.05. The minimum Gasteiger partial charge on any atom is -0.377 e. The van der Waals surface area contributed by atoms with Crippen LogP contribution in [0.15, 0.2) is 4.47 Å². The molecular weight excluding hydrogens is 306 g/mol. The van der Waals surface area contributed by atoms with Gasteiger partial charge in [-0.15, -0.1) is 0 Å². The van der Waals surface area contributed by atoms with Crippen molar-refractivity contribution in [3.05, 3.63) is 15.9 Å². The molecule has 0 amide bonds. The SMILES string of the molecule is CCc1nn(CC)c(CN(C)CC2CCCO2)c1Br. The smallest absolute Gasteiger partial charge is 0.0767 e. The Bertz CT molecular complexity index is 413. The number of aryl methyl sites for hydroxylation is 2. The van der Waals surface area contributed by atoms with E-state index in [1.165, 1.54) is 23.0 Å². The van der Waals surface area contributed by atoms with Gasteiger partial charge in [0.2, 0.25) is 0 Å². The van der Waals surface area contributed by atoms with Crippen molar-refractivity contribution in [2.45, 2.75) is 52.3 Å². The Morgan fingerprint density at radius 2 is 2.26 bits per heavy atom. The van der Waals surface area contributed by atoms with E-state index in [9.17, 15) is 0 Å². The van der Waals surface area contributed by atoms with E-state index in [0.717, 1.165) is 38.4 Å². The predicted octanol–water partition coefficient (Wildman–Crippen LogP) is 2.84. The van der Waals surface area contributed by atoms with Crippen LogP contribution in [0.3, 0.4) is 0 Å². The van der Waals surface area contributed by atoms with Gasteiger partial charge in [0.25, 0.3) is 0 Å². The topological polar surface area (TPSA) is 30.3 Å². The molecule has 1 atom stereocenters. The van der Waals surface area contributed by atoms with Crippen LogP contribution in [0.1, 0.15) is 38.1 Å². The average molecular weight is 330 g/mol. The lowest BCUT2D eigenvalue weighted by atomic mass is 10.2. The van der Waals surface area contributed by atoms with Gasteiger partial charge in [-0.25, -0.2) is 0 Å². The molecule has 1 saturated heterocycles. The summed E-state index contributed by atoms with van der Waals surface area (Å²) in [5.41, 5.74) is 2.43. The second-order valence-corrected chi connectivity index (χ2v) is 6.00. The maximum atomic E-state index is 5.70. The first kappa shape index (κ1) is 15.0. The van der Waals surface area contributed by atoms with Crippen molar-refractivity contribution in [3.8, 4) is 0 Å². The van der Waals surface area contributed by atoms with Gasteiger partial charge in [0, 0.05) is 26.2 Å². The van der Waals surface area contributed by atoms with Crippen LogP contribution < -0.4 is 0 Å². The number of aromatic nitrogens is 2. The van der Waals surface area contributed by atoms with Crippen LogP contribution in [0.25, 0.3) is 0 Å². The summed E-state index contributed by atoms with van der Waals surface area (Å²) in [5.74, 6) is 0. The zero-order valence-electron chi connectivity index (χ0n) is 12.2. The lowest BCUT2D eigenvalue weighted by Gasteiger charge is -2.21. The molecule has 1 aliphatic rings. The number of nitrogens with zero attached hydrogens (tertiary/aromatic N) is 3. The highest BCUT2D eigenvalue weighted by atomic mass is 79.9. The summed E-state index contributed by atoms with van der Waals surface area (Å²) in [6, 6.07) is 0. The maximum Gasteiger partial charge on any atom is 0.0767 e. The monoisotopic (exact) mass is 329 g/mol. The predicted molar refractivity (Wildman–Crippen MR) is 80.3 cm³/mol. The highest BCUT2D eigenvalue weighted by Crippen LogP contribution is 2.24. The Kier molecular flexibility index (Phi) is 5.42. The van der Waals surface area contributed by atoms with Gasteiger partial charge in [0.15, 0.2) is 0 Å². The van der Waals surface area contributed by atoms with Crippen molar-refractivity contribution in [1.82, 2.24) is 14.7 Å². The summed E-state index contributed by atoms with van der Waals surface area (Å²) in [7, 11) is 2.16. The molecule has 1 aromatic heterocycles. The molecule has 1 fully saturated rings. The molecule has 1 aliphatic heterocycles. The minimum atomic E-state index is 0.410. The minimum absolute atomic E-state index is 0.410. The number of halogens is 1. The average Bonchev–Trinajstić information content (AvgIpc) is 2.99. The number of rotatable bonds is 6. The Hall–Kier alpha value is -0.390. The fourth-order valence-corrected chi connectivity index (χ4v) is 3.31. The van der Waals surface area contributed by atoms with Crippen molar-refractivity contribution in [1.29, 1.82) is 0 Å². The summed E-state index contributed by atoms with van der Waals surface area (Å²) >= 11 is 3.70. The van der Waals surface area contributed by atoms with E-state index in [1.807, 2.05) is 0 Å². The van der Waals surface area contributed by atoms with Gasteiger partial charge in [-0.1, -0.05) is 6.92 Å². The van der Waals surface area contributed by atoms with Gasteiger partial charge in [-0.05, 0) is 49.2 Å². The van der Waals surface area contributed by atoms with Gasteiger partial charge < -0.3 is 4.74 Å². The van der Waals surface area contributed by atoms with Crippen molar-refractivity contribution in [2.24, 2.45) is 0 Å². The molecule has 0 radical (unpaired) electrons. The lowest BCUT2D eigenvalue weighted by molar-refractivity contribution is 0.0785. The van der Waals surface area contributed by atoms with Crippen molar-refractivity contribution < 1.29 is 4.74 Å². The molecule has 0 N–H and O–H groups in total. The van der Waals surface area contributed by atoms with Gasteiger partial charge in [0.05, 0.1) is 22.0 Å². The molecule has 0 bridgehead atoms. The molecule has 5 heteroatoms. The zero-order chi connectivity index (χ0) is 13.8. The highest BCUT2D eigenvalue weighted by Gasteiger charge is 2.20. The Balaban J connectivity index is 2.02. The van der Waals surface area contributed by atoms with Crippen LogP contribution in [-0.2, 0) is 24.2 Å². The second-order valence-electron chi connectivity index (χ2n) is 5.21. The molecule has 0 aromatic carbocycles. The van der Waals surface area contributed by atoms with E-state index in [-0.39, 0.29) is 0 Å². The molecule has 1 aromatic rings. The third kappa shape index (κ3) is 3.58. The first-order chi connectivity index (χ1) is 9.15. The van der Waals surface area contributed by atoms with Crippen molar-refractivity contribution in [3.63, 3.8) is 0 Å². The fourth-order valence-electron chi connectivity index (χ4n) is 2.62. The fraction of sp³-hybridized carbons (Fsp3) is 0.786. The number of hydrogen-bond acceptors (Lipinski definition) is 3. The molecule has 19 heavy (non-hydrogen) atoms. The van der Waals surface area contributed by atoms with Crippen LogP contribution in [0.2, 0.25) is 0 Å². The molecule has 108 valence electrons. The summed E-state index contributed by atoms with van der Waals surface area (Å²) in [6.07, 6.45) is 3.77. The number of likely N-dealkylation sites (N-methyl/N-ethyl adjacent to an activating group) is 1. The molecule has 0 saturated carbocycles. The molecule has 0 aliphatic carbocycles. The van der Waals surface area contributed by atoms with Gasteiger partial charge in [-0.2, -0.15) is 5.10 Å². The lowest BCUT2D eigenvalue weighted by Crippen LogP contribution is -2.29. The van der Waals surface area contributed by atoms with Gasteiger partial charge >= 0.3 is 0 Å². The van der Waals surface area contributed by atoms with Crippen molar-refractivity contribution >= 4 is 15.9 Å². The van der Waals surface area contributed by atoms with E-state index < -0.39 is 0 Å². The quantitative estimate of drug-likeness (QED) is 0.803. The maximum absolute atomic E-state index is 5.70. The molecule has 2 heterocycles. The zero-order valence-corrected chi connectivity index (χ0v) is 13.7. The Morgan fingerprint density at radius 1 is 1.47 bits per heavy atom. The molecule has 4 nitrogen and oxygen atoms in total. The van der Waals surface area contributed by atoms with E-state index in [1.54, 1.807) is 0 Å². The highest BCUT2D eigenvalue weighted by molar-refractivity contribution is 9.10. The summed E-state index contributed by atoms with van der Waals surface area (Å²) in [4.78, 5) is 2.34. The van der Waals surface area contributed by atoms with Gasteiger partial charge in [-0.3, -0.25) is 9.58 Å². The van der Waals surface area contributed by atoms with E-state index in [2.05, 4.69) is 51.5 Å². The van der Waals surface area contributed by atoms with Crippen LogP contribution in [0.4, 0.5) is 0 Å². The largest absolute Gasteiger partial charge is 0.377 e. The first-order valence-corrected chi connectivity index (χ1v) is 7.99. The Labute approximate surface area is 124 Å². The van der Waals surface area contributed by atoms with E-state index >= 15 is 0 Å². The first-order valence-electron chi connectivity index (χ1n) is 7.19. The third-order valence-electron chi connectivity index (χ3n) is 3.65. The third-order valence-corrected chi connectivity index (χ3v) is 4.57. The van der Waals surface area contributed by atoms with Crippen LogP contribution in [0.5, 0.6) is 0 Å². The van der Waals surface area contributed by atoms with Gasteiger partial charge in [0.1, 0.15) is 0 Å².